The number of nitrogens with zero attached hydrogens (tertiary/aromatic N) is 3. The highest BCUT2D eigenvalue weighted by Gasteiger charge is 2.31. The molecule has 25 heavy (non-hydrogen) atoms. The van der Waals surface area contributed by atoms with E-state index in [0.29, 0.717) is 6.04 Å². The third-order valence-corrected chi connectivity index (χ3v) is 5.15. The molecule has 4 rings (SSSR count). The Labute approximate surface area is 169 Å². The molecule has 0 aromatic heterocycles. The molecule has 3 aliphatic rings. The van der Waals surface area contributed by atoms with Gasteiger partial charge in [-0.1, -0.05) is 31.2 Å². The van der Waals surface area contributed by atoms with Crippen molar-refractivity contribution in [2.75, 3.05) is 45.8 Å². The minimum atomic E-state index is 0. The van der Waals surface area contributed by atoms with Gasteiger partial charge in [0.25, 0.3) is 0 Å². The number of piperazine rings is 3. The van der Waals surface area contributed by atoms with Gasteiger partial charge in [0.05, 0.1) is 6.54 Å². The van der Waals surface area contributed by atoms with Crippen LogP contribution in [0, 0.1) is 0 Å². The van der Waals surface area contributed by atoms with Crippen LogP contribution in [0.25, 0.3) is 0 Å². The summed E-state index contributed by atoms with van der Waals surface area (Å²) in [7, 11) is 0. The lowest BCUT2D eigenvalue weighted by Crippen LogP contribution is -2.63. The summed E-state index contributed by atoms with van der Waals surface area (Å²) in [6.45, 7) is 13.0. The molecule has 0 radical (unpaired) electrons. The lowest BCUT2D eigenvalue weighted by molar-refractivity contribution is 0.0154. The van der Waals surface area contributed by atoms with Crippen LogP contribution in [0.3, 0.4) is 0 Å². The molecule has 6 heteroatoms. The average Bonchev–Trinajstić information content (AvgIpc) is 2.65. The molecule has 1 atom stereocenters. The fraction of sp³-hybridized carbons (Fsp3) is 0.632. The molecule has 2 bridgehead atoms. The van der Waals surface area contributed by atoms with Crippen molar-refractivity contribution >= 4 is 29.9 Å². The topological polar surface area (TPSA) is 42.9 Å². The number of nitrogens with one attached hydrogen (secondary N) is 2. The molecule has 0 amide bonds. The van der Waals surface area contributed by atoms with Crippen LogP contribution >= 0.6 is 24.0 Å². The summed E-state index contributed by atoms with van der Waals surface area (Å²) >= 11 is 0. The van der Waals surface area contributed by atoms with Crippen molar-refractivity contribution in [3.05, 3.63) is 35.4 Å². The number of fused-ring (bicyclic) bond motifs is 3. The highest BCUT2D eigenvalue weighted by Crippen LogP contribution is 2.15. The van der Waals surface area contributed by atoms with E-state index in [1.54, 1.807) is 0 Å². The van der Waals surface area contributed by atoms with Crippen molar-refractivity contribution < 1.29 is 0 Å². The van der Waals surface area contributed by atoms with Gasteiger partial charge in [0.1, 0.15) is 0 Å². The molecule has 3 fully saturated rings. The first-order valence-corrected chi connectivity index (χ1v) is 9.35. The summed E-state index contributed by atoms with van der Waals surface area (Å²) < 4.78 is 0. The van der Waals surface area contributed by atoms with E-state index in [0.717, 1.165) is 32.0 Å². The quantitative estimate of drug-likeness (QED) is 0.389. The van der Waals surface area contributed by atoms with Gasteiger partial charge in [-0.05, 0) is 24.5 Å². The zero-order chi connectivity index (χ0) is 16.8. The summed E-state index contributed by atoms with van der Waals surface area (Å²) in [5, 5.41) is 6.93. The number of hydrogen-bond donors (Lipinski definition) is 2. The molecular weight excluding hydrogens is 425 g/mol. The minimum Gasteiger partial charge on any atom is -0.357 e. The Morgan fingerprint density at radius 3 is 2.40 bits per heavy atom. The summed E-state index contributed by atoms with van der Waals surface area (Å²) in [5.74, 6) is 0.932. The van der Waals surface area contributed by atoms with E-state index >= 15 is 0 Å². The number of hydrogen-bond acceptors (Lipinski definition) is 3. The Morgan fingerprint density at radius 1 is 1.08 bits per heavy atom. The minimum absolute atomic E-state index is 0. The summed E-state index contributed by atoms with van der Waals surface area (Å²) in [6.07, 6.45) is 1.06. The SMILES string of the molecule is CCNC(=NCc1ccccc1CC)NCC1CN2CCN1CC2.I. The van der Waals surface area contributed by atoms with Crippen molar-refractivity contribution in [1.29, 1.82) is 0 Å². The number of aryl methyl sites for hydroxylation is 1. The normalized spacial score (nSPS) is 25.4. The molecule has 5 nitrogen and oxygen atoms in total. The van der Waals surface area contributed by atoms with Crippen molar-refractivity contribution in [2.45, 2.75) is 32.9 Å². The van der Waals surface area contributed by atoms with Crippen LogP contribution in [-0.2, 0) is 13.0 Å². The highest BCUT2D eigenvalue weighted by molar-refractivity contribution is 14.0. The molecule has 2 N–H and O–H groups in total. The molecule has 1 aromatic rings. The monoisotopic (exact) mass is 457 g/mol. The summed E-state index contributed by atoms with van der Waals surface area (Å²) in [6, 6.07) is 9.21. The lowest BCUT2D eigenvalue weighted by Gasteiger charge is -2.47. The van der Waals surface area contributed by atoms with E-state index < -0.39 is 0 Å². The molecule has 0 aliphatic carbocycles. The average molecular weight is 457 g/mol. The van der Waals surface area contributed by atoms with E-state index in [4.69, 9.17) is 4.99 Å². The fourth-order valence-corrected chi connectivity index (χ4v) is 3.70. The van der Waals surface area contributed by atoms with Gasteiger partial charge in [-0.15, -0.1) is 24.0 Å². The number of rotatable bonds is 6. The van der Waals surface area contributed by atoms with Crippen LogP contribution in [0.1, 0.15) is 25.0 Å². The first kappa shape index (κ1) is 20.5. The van der Waals surface area contributed by atoms with Crippen LogP contribution in [0.5, 0.6) is 0 Å². The van der Waals surface area contributed by atoms with Crippen LogP contribution in [0.2, 0.25) is 0 Å². The molecule has 1 unspecified atom stereocenters. The Kier molecular flexibility index (Phi) is 8.45. The fourth-order valence-electron chi connectivity index (χ4n) is 3.70. The second kappa shape index (κ2) is 10.3. The van der Waals surface area contributed by atoms with Crippen molar-refractivity contribution in [3.8, 4) is 0 Å². The van der Waals surface area contributed by atoms with Crippen LogP contribution in [0.15, 0.2) is 29.3 Å². The van der Waals surface area contributed by atoms with Crippen LogP contribution in [-0.4, -0.2) is 67.6 Å². The second-order valence-electron chi connectivity index (χ2n) is 6.69. The van der Waals surface area contributed by atoms with E-state index in [1.165, 1.54) is 43.9 Å². The van der Waals surface area contributed by atoms with Gasteiger partial charge in [0, 0.05) is 51.9 Å². The Hall–Kier alpha value is -0.860. The molecule has 140 valence electrons. The summed E-state index contributed by atoms with van der Waals surface area (Å²) in [5.41, 5.74) is 2.71. The van der Waals surface area contributed by atoms with E-state index in [-0.39, 0.29) is 24.0 Å². The van der Waals surface area contributed by atoms with Crippen LogP contribution < -0.4 is 10.6 Å². The van der Waals surface area contributed by atoms with E-state index in [1.807, 2.05) is 0 Å². The smallest absolute Gasteiger partial charge is 0.191 e. The molecule has 3 aliphatic heterocycles. The van der Waals surface area contributed by atoms with Gasteiger partial charge in [0.2, 0.25) is 0 Å². The van der Waals surface area contributed by atoms with E-state index in [9.17, 15) is 0 Å². The lowest BCUT2D eigenvalue weighted by atomic mass is 10.1. The standard InChI is InChI=1S/C19H31N5.HI/c1-3-16-7-5-6-8-17(16)13-21-19(20-4-2)22-14-18-15-23-9-11-24(18)12-10-23;/h5-8,18H,3-4,9-15H2,1-2H3,(H2,20,21,22);1H. The number of halogens is 1. The van der Waals surface area contributed by atoms with Gasteiger partial charge >= 0.3 is 0 Å². The Morgan fingerprint density at radius 2 is 1.80 bits per heavy atom. The van der Waals surface area contributed by atoms with Gasteiger partial charge in [-0.25, -0.2) is 4.99 Å². The van der Waals surface area contributed by atoms with Gasteiger partial charge < -0.3 is 10.6 Å². The second-order valence-corrected chi connectivity index (χ2v) is 6.69. The van der Waals surface area contributed by atoms with Crippen molar-refractivity contribution in [3.63, 3.8) is 0 Å². The first-order chi connectivity index (χ1) is 11.8. The van der Waals surface area contributed by atoms with Crippen LogP contribution in [0.4, 0.5) is 0 Å². The molecule has 3 saturated heterocycles. The molecule has 0 saturated carbocycles. The Bertz CT molecular complexity index is 555. The predicted molar refractivity (Wildman–Crippen MR) is 116 cm³/mol. The molecule has 0 spiro atoms. The van der Waals surface area contributed by atoms with Gasteiger partial charge in [0.15, 0.2) is 5.96 Å². The molecular formula is C19H32IN5. The number of aliphatic imine (C=N–C) groups is 1. The first-order valence-electron chi connectivity index (χ1n) is 9.35. The van der Waals surface area contributed by atoms with Crippen molar-refractivity contribution in [2.24, 2.45) is 4.99 Å². The molecule has 3 heterocycles. The van der Waals surface area contributed by atoms with E-state index in [2.05, 4.69) is 58.5 Å². The maximum absolute atomic E-state index is 4.80. The largest absolute Gasteiger partial charge is 0.357 e. The number of benzene rings is 1. The number of guanidine groups is 1. The highest BCUT2D eigenvalue weighted by atomic mass is 127. The van der Waals surface area contributed by atoms with Crippen molar-refractivity contribution in [1.82, 2.24) is 20.4 Å². The maximum atomic E-state index is 4.80. The summed E-state index contributed by atoms with van der Waals surface area (Å²) in [4.78, 5) is 9.99. The third kappa shape index (κ3) is 5.56. The maximum Gasteiger partial charge on any atom is 0.191 e. The third-order valence-electron chi connectivity index (χ3n) is 5.15. The Balaban J connectivity index is 0.00000225. The molecule has 1 aromatic carbocycles. The zero-order valence-corrected chi connectivity index (χ0v) is 17.8. The van der Waals surface area contributed by atoms with Gasteiger partial charge in [-0.2, -0.15) is 0 Å². The van der Waals surface area contributed by atoms with Gasteiger partial charge in [-0.3, -0.25) is 9.80 Å². The zero-order valence-electron chi connectivity index (χ0n) is 15.5. The predicted octanol–water partition coefficient (Wildman–Crippen LogP) is 1.92.